The summed E-state index contributed by atoms with van der Waals surface area (Å²) in [5, 5.41) is 4.76. The lowest BCUT2D eigenvalue weighted by molar-refractivity contribution is 0.0740. The Kier molecular flexibility index (Phi) is 11.0. The van der Waals surface area contributed by atoms with Crippen molar-refractivity contribution in [3.05, 3.63) is 65.0 Å². The van der Waals surface area contributed by atoms with Crippen molar-refractivity contribution in [3.8, 4) is 5.75 Å². The van der Waals surface area contributed by atoms with Crippen molar-refractivity contribution in [1.82, 2.24) is 19.4 Å². The SMILES string of the molecule is COc1ccc(C(=O)c2nn3ccc(C(=O)N(CCC(C)C)CCC(C)C)cc3c2CCCN2CCCCC2)cc1. The lowest BCUT2D eigenvalue weighted by Gasteiger charge is -2.26. The van der Waals surface area contributed by atoms with E-state index in [-0.39, 0.29) is 11.7 Å². The highest BCUT2D eigenvalue weighted by atomic mass is 16.5. The molecule has 3 heterocycles. The van der Waals surface area contributed by atoms with Gasteiger partial charge in [0.1, 0.15) is 11.4 Å². The summed E-state index contributed by atoms with van der Waals surface area (Å²) in [5.41, 5.74) is 3.48. The number of amides is 1. The van der Waals surface area contributed by atoms with E-state index in [2.05, 4.69) is 32.6 Å². The van der Waals surface area contributed by atoms with Gasteiger partial charge in [-0.2, -0.15) is 5.10 Å². The van der Waals surface area contributed by atoms with Crippen LogP contribution in [0.2, 0.25) is 0 Å². The van der Waals surface area contributed by atoms with Gasteiger partial charge in [-0.3, -0.25) is 9.59 Å². The molecule has 0 radical (unpaired) electrons. The molecule has 0 saturated carbocycles. The van der Waals surface area contributed by atoms with Gasteiger partial charge in [-0.1, -0.05) is 34.1 Å². The molecule has 0 spiro atoms. The average Bonchev–Trinajstić information content (AvgIpc) is 3.34. The van der Waals surface area contributed by atoms with Gasteiger partial charge in [-0.05, 0) is 106 Å². The minimum Gasteiger partial charge on any atom is -0.497 e. The summed E-state index contributed by atoms with van der Waals surface area (Å²) < 4.78 is 7.06. The number of aryl methyl sites for hydroxylation is 1. The van der Waals surface area contributed by atoms with E-state index in [4.69, 9.17) is 9.84 Å². The standard InChI is InChI=1S/C34H48N4O3/c1-25(2)15-21-37(22-16-26(3)4)34(40)28-17-23-38-31(24-28)30(10-9-20-36-18-7-6-8-19-36)32(35-38)33(39)27-11-13-29(41-5)14-12-27/h11-14,17,23-26H,6-10,15-16,18-22H2,1-5H3. The smallest absolute Gasteiger partial charge is 0.253 e. The zero-order valence-electron chi connectivity index (χ0n) is 25.7. The Bertz CT molecular complexity index is 1280. The first-order valence-electron chi connectivity index (χ1n) is 15.5. The number of piperidine rings is 1. The number of rotatable bonds is 14. The number of carbonyl (C=O) groups excluding carboxylic acids is 2. The van der Waals surface area contributed by atoms with E-state index in [1.807, 2.05) is 23.2 Å². The Labute approximate surface area is 245 Å². The molecule has 7 heteroatoms. The molecule has 1 amide bonds. The summed E-state index contributed by atoms with van der Waals surface area (Å²) in [6, 6.07) is 11.0. The topological polar surface area (TPSA) is 67.1 Å². The van der Waals surface area contributed by atoms with E-state index in [1.165, 1.54) is 19.3 Å². The first-order valence-corrected chi connectivity index (χ1v) is 15.5. The van der Waals surface area contributed by atoms with Crippen LogP contribution < -0.4 is 4.74 Å². The van der Waals surface area contributed by atoms with Gasteiger partial charge in [-0.15, -0.1) is 0 Å². The molecule has 1 aliphatic heterocycles. The first kappa shape index (κ1) is 30.8. The molecule has 7 nitrogen and oxygen atoms in total. The van der Waals surface area contributed by atoms with Gasteiger partial charge >= 0.3 is 0 Å². The minimum atomic E-state index is -0.104. The molecule has 1 saturated heterocycles. The summed E-state index contributed by atoms with van der Waals surface area (Å²) in [7, 11) is 1.62. The van der Waals surface area contributed by atoms with Crippen LogP contribution in [0.15, 0.2) is 42.6 Å². The number of nitrogens with zero attached hydrogens (tertiary/aromatic N) is 4. The van der Waals surface area contributed by atoms with Gasteiger partial charge in [0.25, 0.3) is 5.91 Å². The Balaban J connectivity index is 1.66. The number of likely N-dealkylation sites (tertiary alicyclic amines) is 1. The number of ether oxygens (including phenoxy) is 1. The Hall–Kier alpha value is -3.19. The quantitative estimate of drug-likeness (QED) is 0.210. The lowest BCUT2D eigenvalue weighted by atomic mass is 10.00. The third-order valence-corrected chi connectivity index (χ3v) is 8.14. The number of carbonyl (C=O) groups is 2. The predicted octanol–water partition coefficient (Wildman–Crippen LogP) is 6.53. The van der Waals surface area contributed by atoms with Crippen molar-refractivity contribution in [2.75, 3.05) is 39.8 Å². The number of ketones is 1. The maximum atomic E-state index is 13.8. The van der Waals surface area contributed by atoms with Gasteiger partial charge in [-0.25, -0.2) is 4.52 Å². The zero-order valence-corrected chi connectivity index (χ0v) is 25.7. The van der Waals surface area contributed by atoms with Gasteiger partial charge < -0.3 is 14.5 Å². The molecule has 0 atom stereocenters. The normalized spacial score (nSPS) is 14.2. The highest BCUT2D eigenvalue weighted by Crippen LogP contribution is 2.24. The predicted molar refractivity (Wildman–Crippen MR) is 165 cm³/mol. The number of benzene rings is 1. The number of hydrogen-bond donors (Lipinski definition) is 0. The molecule has 0 unspecified atom stereocenters. The molecular formula is C34H48N4O3. The van der Waals surface area contributed by atoms with Crippen LogP contribution in [-0.2, 0) is 6.42 Å². The van der Waals surface area contributed by atoms with Crippen molar-refractivity contribution >= 4 is 17.2 Å². The average molecular weight is 561 g/mol. The molecule has 41 heavy (non-hydrogen) atoms. The molecule has 2 aromatic heterocycles. The third kappa shape index (κ3) is 8.19. The summed E-state index contributed by atoms with van der Waals surface area (Å²) in [5.74, 6) is 1.71. The van der Waals surface area contributed by atoms with Crippen LogP contribution in [0.1, 0.15) is 98.2 Å². The molecule has 0 aliphatic carbocycles. The third-order valence-electron chi connectivity index (χ3n) is 8.14. The maximum absolute atomic E-state index is 13.8. The number of hydrogen-bond acceptors (Lipinski definition) is 5. The number of fused-ring (bicyclic) bond motifs is 1. The molecule has 1 aromatic carbocycles. The highest BCUT2D eigenvalue weighted by Gasteiger charge is 2.23. The molecule has 0 bridgehead atoms. The summed E-state index contributed by atoms with van der Waals surface area (Å²) in [6.45, 7) is 13.6. The van der Waals surface area contributed by atoms with Crippen molar-refractivity contribution in [2.45, 2.75) is 72.6 Å². The Morgan fingerprint density at radius 2 is 1.59 bits per heavy atom. The van der Waals surface area contributed by atoms with Gasteiger partial charge in [0.2, 0.25) is 5.78 Å². The second-order valence-corrected chi connectivity index (χ2v) is 12.3. The van der Waals surface area contributed by atoms with Crippen LogP contribution in [0, 0.1) is 11.8 Å². The first-order chi connectivity index (χ1) is 19.8. The van der Waals surface area contributed by atoms with E-state index in [0.717, 1.165) is 69.5 Å². The van der Waals surface area contributed by atoms with E-state index < -0.39 is 0 Å². The molecule has 1 aliphatic rings. The Morgan fingerprint density at radius 3 is 2.20 bits per heavy atom. The van der Waals surface area contributed by atoms with Crippen LogP contribution in [0.25, 0.3) is 5.52 Å². The van der Waals surface area contributed by atoms with E-state index in [1.54, 1.807) is 35.9 Å². The molecule has 1 fully saturated rings. The molecule has 222 valence electrons. The largest absolute Gasteiger partial charge is 0.497 e. The van der Waals surface area contributed by atoms with Crippen LogP contribution in [0.5, 0.6) is 5.75 Å². The minimum absolute atomic E-state index is 0.0531. The van der Waals surface area contributed by atoms with Gasteiger partial charge in [0.05, 0.1) is 12.6 Å². The monoisotopic (exact) mass is 560 g/mol. The fraction of sp³-hybridized carbons (Fsp3) is 0.559. The fourth-order valence-corrected chi connectivity index (χ4v) is 5.52. The molecule has 0 N–H and O–H groups in total. The van der Waals surface area contributed by atoms with Crippen molar-refractivity contribution in [3.63, 3.8) is 0 Å². The van der Waals surface area contributed by atoms with E-state index in [9.17, 15) is 9.59 Å². The Morgan fingerprint density at radius 1 is 0.927 bits per heavy atom. The summed E-state index contributed by atoms with van der Waals surface area (Å²) >= 11 is 0. The van der Waals surface area contributed by atoms with Crippen LogP contribution in [-0.4, -0.2) is 70.9 Å². The number of methoxy groups -OCH3 is 1. The van der Waals surface area contributed by atoms with Gasteiger partial charge in [0, 0.05) is 36.0 Å². The highest BCUT2D eigenvalue weighted by molar-refractivity contribution is 6.09. The van der Waals surface area contributed by atoms with Gasteiger partial charge in [0.15, 0.2) is 0 Å². The number of aromatic nitrogens is 2. The second-order valence-electron chi connectivity index (χ2n) is 12.3. The van der Waals surface area contributed by atoms with Crippen LogP contribution in [0.4, 0.5) is 0 Å². The lowest BCUT2D eigenvalue weighted by Crippen LogP contribution is -2.34. The number of pyridine rings is 1. The summed E-state index contributed by atoms with van der Waals surface area (Å²) in [6.07, 6.45) is 9.29. The van der Waals surface area contributed by atoms with Crippen LogP contribution >= 0.6 is 0 Å². The van der Waals surface area contributed by atoms with Crippen LogP contribution in [0.3, 0.4) is 0 Å². The van der Waals surface area contributed by atoms with E-state index in [0.29, 0.717) is 34.4 Å². The molecule has 4 rings (SSSR count). The summed E-state index contributed by atoms with van der Waals surface area (Å²) in [4.78, 5) is 32.0. The van der Waals surface area contributed by atoms with Crippen molar-refractivity contribution in [1.29, 1.82) is 0 Å². The van der Waals surface area contributed by atoms with E-state index >= 15 is 0 Å². The maximum Gasteiger partial charge on any atom is 0.253 e. The fourth-order valence-electron chi connectivity index (χ4n) is 5.52. The molecular weight excluding hydrogens is 512 g/mol. The molecule has 3 aromatic rings. The van der Waals surface area contributed by atoms with Crippen molar-refractivity contribution in [2.24, 2.45) is 11.8 Å². The van der Waals surface area contributed by atoms with Crippen molar-refractivity contribution < 1.29 is 14.3 Å². The zero-order chi connectivity index (χ0) is 29.4. The second kappa shape index (κ2) is 14.6.